The maximum atomic E-state index is 12.6. The molecule has 0 saturated carbocycles. The van der Waals surface area contributed by atoms with Crippen molar-refractivity contribution in [3.8, 4) is 5.75 Å². The van der Waals surface area contributed by atoms with Crippen LogP contribution in [0.1, 0.15) is 20.3 Å². The van der Waals surface area contributed by atoms with Gasteiger partial charge in [-0.15, -0.1) is 0 Å². The second-order valence-corrected chi connectivity index (χ2v) is 3.81. The second-order valence-electron chi connectivity index (χ2n) is 3.81. The first-order valence-electron chi connectivity index (χ1n) is 5.27. The minimum absolute atomic E-state index is 0.0278. The summed E-state index contributed by atoms with van der Waals surface area (Å²) in [7, 11) is 0. The van der Waals surface area contributed by atoms with Crippen LogP contribution in [0.5, 0.6) is 5.75 Å². The summed E-state index contributed by atoms with van der Waals surface area (Å²) < 4.78 is 18.0. The van der Waals surface area contributed by atoms with E-state index in [2.05, 4.69) is 13.8 Å². The molecule has 0 aliphatic carbocycles. The van der Waals surface area contributed by atoms with E-state index in [4.69, 9.17) is 10.5 Å². The van der Waals surface area contributed by atoms with E-state index in [0.29, 0.717) is 18.3 Å². The van der Waals surface area contributed by atoms with Gasteiger partial charge >= 0.3 is 0 Å². The Morgan fingerprint density at radius 3 is 2.47 bits per heavy atom. The minimum atomic E-state index is -0.256. The van der Waals surface area contributed by atoms with E-state index in [0.717, 1.165) is 6.42 Å². The lowest BCUT2D eigenvalue weighted by atomic mass is 10.0. The highest BCUT2D eigenvalue weighted by molar-refractivity contribution is 5.22. The smallest absolute Gasteiger partial charge is 0.123 e. The Morgan fingerprint density at radius 2 is 1.93 bits per heavy atom. The third kappa shape index (κ3) is 3.88. The molecule has 0 unspecified atom stereocenters. The Balaban J connectivity index is 2.40. The number of hydrogen-bond acceptors (Lipinski definition) is 2. The number of benzene rings is 1. The van der Waals surface area contributed by atoms with Gasteiger partial charge in [-0.3, -0.25) is 0 Å². The Bertz CT molecular complexity index is 286. The van der Waals surface area contributed by atoms with Crippen LogP contribution in [-0.4, -0.2) is 12.6 Å². The van der Waals surface area contributed by atoms with Gasteiger partial charge in [-0.2, -0.15) is 0 Å². The van der Waals surface area contributed by atoms with Crippen LogP contribution in [0.4, 0.5) is 4.39 Å². The molecule has 1 aromatic rings. The fourth-order valence-corrected chi connectivity index (χ4v) is 1.19. The molecule has 15 heavy (non-hydrogen) atoms. The van der Waals surface area contributed by atoms with Gasteiger partial charge in [0.05, 0.1) is 0 Å². The van der Waals surface area contributed by atoms with Crippen LogP contribution in [0.3, 0.4) is 0 Å². The van der Waals surface area contributed by atoms with Crippen LogP contribution < -0.4 is 10.5 Å². The van der Waals surface area contributed by atoms with Crippen LogP contribution in [0.2, 0.25) is 0 Å². The average Bonchev–Trinajstić information content (AvgIpc) is 2.26. The summed E-state index contributed by atoms with van der Waals surface area (Å²) in [6.45, 7) is 4.67. The molecule has 84 valence electrons. The highest BCUT2D eigenvalue weighted by Crippen LogP contribution is 2.13. The Labute approximate surface area is 90.2 Å². The zero-order valence-corrected chi connectivity index (χ0v) is 9.24. The summed E-state index contributed by atoms with van der Waals surface area (Å²) in [6.07, 6.45) is 1.04. The van der Waals surface area contributed by atoms with Crippen molar-refractivity contribution in [2.75, 3.05) is 6.61 Å². The highest BCUT2D eigenvalue weighted by atomic mass is 19.1. The lowest BCUT2D eigenvalue weighted by Gasteiger charge is -2.18. The topological polar surface area (TPSA) is 35.2 Å². The molecule has 0 aromatic heterocycles. The summed E-state index contributed by atoms with van der Waals surface area (Å²) in [5.74, 6) is 0.842. The summed E-state index contributed by atoms with van der Waals surface area (Å²) >= 11 is 0. The molecular weight excluding hydrogens is 193 g/mol. The van der Waals surface area contributed by atoms with Crippen molar-refractivity contribution < 1.29 is 9.13 Å². The summed E-state index contributed by atoms with van der Waals surface area (Å²) in [6, 6.07) is 6.01. The highest BCUT2D eigenvalue weighted by Gasteiger charge is 2.11. The fourth-order valence-electron chi connectivity index (χ4n) is 1.19. The maximum absolute atomic E-state index is 12.6. The van der Waals surface area contributed by atoms with E-state index in [-0.39, 0.29) is 11.9 Å². The molecule has 2 N–H and O–H groups in total. The first kappa shape index (κ1) is 12.0. The second kappa shape index (κ2) is 5.71. The minimum Gasteiger partial charge on any atom is -0.492 e. The normalized spacial score (nSPS) is 14.7. The first-order valence-corrected chi connectivity index (χ1v) is 5.27. The molecule has 3 heteroatoms. The molecule has 0 heterocycles. The van der Waals surface area contributed by atoms with Crippen LogP contribution >= 0.6 is 0 Å². The molecule has 0 fully saturated rings. The molecule has 0 saturated heterocycles. The number of halogens is 1. The Hall–Kier alpha value is -1.09. The van der Waals surface area contributed by atoms with Gasteiger partial charge in [0.1, 0.15) is 18.2 Å². The predicted octanol–water partition coefficient (Wildman–Crippen LogP) is 2.58. The largest absolute Gasteiger partial charge is 0.492 e. The number of rotatable bonds is 5. The van der Waals surface area contributed by atoms with Crippen LogP contribution in [0, 0.1) is 11.7 Å². The van der Waals surface area contributed by atoms with Crippen molar-refractivity contribution in [1.82, 2.24) is 0 Å². The molecule has 0 aliphatic rings. The Morgan fingerprint density at radius 1 is 1.33 bits per heavy atom. The SMILES string of the molecule is CC[C@@H](C)[C@@H](N)COc1ccc(F)cc1. The van der Waals surface area contributed by atoms with Crippen LogP contribution in [0.15, 0.2) is 24.3 Å². The van der Waals surface area contributed by atoms with Gasteiger partial charge in [0.25, 0.3) is 0 Å². The summed E-state index contributed by atoms with van der Waals surface area (Å²) in [5.41, 5.74) is 5.91. The third-order valence-corrected chi connectivity index (χ3v) is 2.63. The van der Waals surface area contributed by atoms with Crippen molar-refractivity contribution in [3.63, 3.8) is 0 Å². The zero-order chi connectivity index (χ0) is 11.3. The Kier molecular flexibility index (Phi) is 4.56. The van der Waals surface area contributed by atoms with Gasteiger partial charge in [0.15, 0.2) is 0 Å². The molecule has 0 amide bonds. The monoisotopic (exact) mass is 211 g/mol. The van der Waals surface area contributed by atoms with Crippen LogP contribution in [-0.2, 0) is 0 Å². The molecule has 2 atom stereocenters. The van der Waals surface area contributed by atoms with E-state index >= 15 is 0 Å². The zero-order valence-electron chi connectivity index (χ0n) is 9.24. The van der Waals surface area contributed by atoms with Gasteiger partial charge in [0.2, 0.25) is 0 Å². The molecular formula is C12H18FNO. The number of ether oxygens (including phenoxy) is 1. The lowest BCUT2D eigenvalue weighted by molar-refractivity contribution is 0.250. The van der Waals surface area contributed by atoms with E-state index in [9.17, 15) is 4.39 Å². The van der Waals surface area contributed by atoms with E-state index in [1.54, 1.807) is 12.1 Å². The fraction of sp³-hybridized carbons (Fsp3) is 0.500. The molecule has 0 spiro atoms. The van der Waals surface area contributed by atoms with E-state index in [1.807, 2.05) is 0 Å². The standard InChI is InChI=1S/C12H18FNO/c1-3-9(2)12(14)8-15-11-6-4-10(13)5-7-11/h4-7,9,12H,3,8,14H2,1-2H3/t9-,12+/m1/s1. The van der Waals surface area contributed by atoms with Crippen LogP contribution in [0.25, 0.3) is 0 Å². The molecule has 2 nitrogen and oxygen atoms in total. The van der Waals surface area contributed by atoms with Gasteiger partial charge in [-0.25, -0.2) is 4.39 Å². The molecule has 0 aliphatic heterocycles. The van der Waals surface area contributed by atoms with Crippen molar-refractivity contribution >= 4 is 0 Å². The van der Waals surface area contributed by atoms with Gasteiger partial charge in [-0.05, 0) is 30.2 Å². The average molecular weight is 211 g/mol. The van der Waals surface area contributed by atoms with E-state index in [1.165, 1.54) is 12.1 Å². The number of nitrogens with two attached hydrogens (primary N) is 1. The van der Waals surface area contributed by atoms with Crippen molar-refractivity contribution in [2.24, 2.45) is 11.7 Å². The first-order chi connectivity index (χ1) is 7.13. The molecule has 0 radical (unpaired) electrons. The molecule has 0 bridgehead atoms. The quantitative estimate of drug-likeness (QED) is 0.812. The lowest BCUT2D eigenvalue weighted by Crippen LogP contribution is -2.34. The van der Waals surface area contributed by atoms with Crippen molar-refractivity contribution in [3.05, 3.63) is 30.1 Å². The van der Waals surface area contributed by atoms with E-state index < -0.39 is 0 Å². The van der Waals surface area contributed by atoms with Crippen molar-refractivity contribution in [1.29, 1.82) is 0 Å². The van der Waals surface area contributed by atoms with Crippen molar-refractivity contribution in [2.45, 2.75) is 26.3 Å². The van der Waals surface area contributed by atoms with Gasteiger partial charge < -0.3 is 10.5 Å². The maximum Gasteiger partial charge on any atom is 0.123 e. The third-order valence-electron chi connectivity index (χ3n) is 2.63. The molecule has 1 aromatic carbocycles. The number of hydrogen-bond donors (Lipinski definition) is 1. The summed E-state index contributed by atoms with van der Waals surface area (Å²) in [5, 5.41) is 0. The van der Waals surface area contributed by atoms with Gasteiger partial charge in [0, 0.05) is 6.04 Å². The summed E-state index contributed by atoms with van der Waals surface area (Å²) in [4.78, 5) is 0. The predicted molar refractivity (Wildman–Crippen MR) is 59.3 cm³/mol. The van der Waals surface area contributed by atoms with Gasteiger partial charge in [-0.1, -0.05) is 20.3 Å². The molecule has 1 rings (SSSR count).